The molecule has 0 aliphatic carbocycles. The number of halogens is 5. The predicted octanol–water partition coefficient (Wildman–Crippen LogP) is 4.49. The van der Waals surface area contributed by atoms with Gasteiger partial charge in [-0.3, -0.25) is 4.79 Å². The van der Waals surface area contributed by atoms with E-state index >= 15 is 0 Å². The van der Waals surface area contributed by atoms with Crippen molar-refractivity contribution in [2.45, 2.75) is 30.4 Å². The first-order valence-corrected chi connectivity index (χ1v) is 5.92. The van der Waals surface area contributed by atoms with Crippen molar-refractivity contribution in [2.75, 3.05) is 0 Å². The van der Waals surface area contributed by atoms with Crippen LogP contribution in [0.15, 0.2) is 23.1 Å². The Kier molecular flexibility index (Phi) is 5.16. The molecule has 106 valence electrons. The molecule has 0 atom stereocenters. The van der Waals surface area contributed by atoms with Crippen molar-refractivity contribution >= 4 is 17.5 Å². The first-order chi connectivity index (χ1) is 8.73. The monoisotopic (exact) mass is 300 g/mol. The maximum Gasteiger partial charge on any atom is 0.446 e. The van der Waals surface area contributed by atoms with E-state index in [4.69, 9.17) is 0 Å². The molecule has 1 aromatic carbocycles. The van der Waals surface area contributed by atoms with Crippen molar-refractivity contribution in [3.05, 3.63) is 23.8 Å². The lowest BCUT2D eigenvalue weighted by Crippen LogP contribution is -2.07. The molecule has 0 fully saturated rings. The second-order valence-electron chi connectivity index (χ2n) is 3.36. The van der Waals surface area contributed by atoms with Crippen molar-refractivity contribution in [3.63, 3.8) is 0 Å². The van der Waals surface area contributed by atoms with Crippen molar-refractivity contribution < 1.29 is 31.5 Å². The molecule has 1 aromatic rings. The summed E-state index contributed by atoms with van der Waals surface area (Å²) in [7, 11) is 0. The van der Waals surface area contributed by atoms with Crippen LogP contribution in [0.5, 0.6) is 5.75 Å². The van der Waals surface area contributed by atoms with Gasteiger partial charge in [0.15, 0.2) is 5.78 Å². The lowest BCUT2D eigenvalue weighted by atomic mass is 10.1. The zero-order valence-electron chi connectivity index (χ0n) is 9.63. The molecule has 0 amide bonds. The van der Waals surface area contributed by atoms with Gasteiger partial charge >= 0.3 is 12.1 Å². The highest BCUT2D eigenvalue weighted by Crippen LogP contribution is 2.40. The van der Waals surface area contributed by atoms with Crippen LogP contribution in [0.1, 0.15) is 23.7 Å². The van der Waals surface area contributed by atoms with E-state index in [0.29, 0.717) is 0 Å². The number of carbonyl (C=O) groups is 1. The van der Waals surface area contributed by atoms with Crippen LogP contribution in [-0.4, -0.2) is 17.9 Å². The minimum absolute atomic E-state index is 0.0144. The number of thioether (sulfide) groups is 1. The summed E-state index contributed by atoms with van der Waals surface area (Å²) in [5.41, 5.74) is -4.78. The summed E-state index contributed by atoms with van der Waals surface area (Å²) >= 11 is -0.533. The van der Waals surface area contributed by atoms with Crippen molar-refractivity contribution in [2.24, 2.45) is 0 Å². The van der Waals surface area contributed by atoms with Gasteiger partial charge in [-0.05, 0) is 30.0 Å². The van der Waals surface area contributed by atoms with E-state index in [1.54, 1.807) is 0 Å². The Labute approximate surface area is 109 Å². The van der Waals surface area contributed by atoms with Gasteiger partial charge in [0, 0.05) is 16.9 Å². The number of alkyl halides is 5. The van der Waals surface area contributed by atoms with Gasteiger partial charge in [0.2, 0.25) is 0 Å². The number of benzene rings is 1. The highest BCUT2D eigenvalue weighted by molar-refractivity contribution is 8.00. The summed E-state index contributed by atoms with van der Waals surface area (Å²) in [6, 6.07) is 2.88. The van der Waals surface area contributed by atoms with Gasteiger partial charge < -0.3 is 4.74 Å². The van der Waals surface area contributed by atoms with E-state index in [-0.39, 0.29) is 12.0 Å². The predicted molar refractivity (Wildman–Crippen MR) is 59.6 cm³/mol. The average molecular weight is 300 g/mol. The number of rotatable bonds is 5. The van der Waals surface area contributed by atoms with E-state index < -0.39 is 40.3 Å². The Morgan fingerprint density at radius 3 is 2.47 bits per heavy atom. The largest absolute Gasteiger partial charge is 0.446 e. The number of carbonyl (C=O) groups excluding carboxylic acids is 1. The highest BCUT2D eigenvalue weighted by Gasteiger charge is 2.31. The molecular formula is C11H9F5O2S. The summed E-state index contributed by atoms with van der Waals surface area (Å²) in [6.45, 7) is -1.65. The summed E-state index contributed by atoms with van der Waals surface area (Å²) < 4.78 is 65.0. The summed E-state index contributed by atoms with van der Waals surface area (Å²) in [6.07, 6.45) is 0.0144. The second kappa shape index (κ2) is 6.23. The molecule has 8 heteroatoms. The van der Waals surface area contributed by atoms with E-state index in [9.17, 15) is 26.7 Å². The Bertz CT molecular complexity index is 459. The van der Waals surface area contributed by atoms with Crippen molar-refractivity contribution in [3.8, 4) is 5.75 Å². The van der Waals surface area contributed by atoms with Crippen molar-refractivity contribution in [1.29, 1.82) is 0 Å². The zero-order valence-corrected chi connectivity index (χ0v) is 10.4. The first kappa shape index (κ1) is 15.7. The Morgan fingerprint density at radius 1 is 1.37 bits per heavy atom. The van der Waals surface area contributed by atoms with E-state index in [1.807, 2.05) is 0 Å². The molecule has 0 unspecified atom stereocenters. The number of Topliss-reactive ketones (excluding diaryl/α,β-unsaturated/α-hetero) is 1. The van der Waals surface area contributed by atoms with Gasteiger partial charge in [0.25, 0.3) is 0 Å². The smallest absolute Gasteiger partial charge is 0.435 e. The molecule has 0 radical (unpaired) electrons. The molecule has 1 rings (SSSR count). The Hall–Kier alpha value is -1.31. The first-order valence-electron chi connectivity index (χ1n) is 5.10. The standard InChI is InChI=1S/C11H9F5O2S/c1-2-8(17)7-4-3-6(18-10(12)13)5-9(7)19-11(14,15)16/h3-5,10H,2H2,1H3. The molecule has 19 heavy (non-hydrogen) atoms. The topological polar surface area (TPSA) is 26.3 Å². The molecule has 0 spiro atoms. The SMILES string of the molecule is CCC(=O)c1ccc(OC(F)F)cc1SC(F)(F)F. The Morgan fingerprint density at radius 2 is 2.00 bits per heavy atom. The van der Waals surface area contributed by atoms with Gasteiger partial charge in [-0.2, -0.15) is 22.0 Å². The summed E-state index contributed by atoms with van der Waals surface area (Å²) in [5, 5.41) is 0. The molecule has 0 saturated heterocycles. The second-order valence-corrected chi connectivity index (χ2v) is 4.47. The molecule has 0 saturated carbocycles. The minimum Gasteiger partial charge on any atom is -0.435 e. The lowest BCUT2D eigenvalue weighted by Gasteiger charge is -2.12. The average Bonchev–Trinajstić information content (AvgIpc) is 2.25. The summed E-state index contributed by atoms with van der Waals surface area (Å²) in [5.74, 6) is -0.926. The molecule has 0 heterocycles. The van der Waals surface area contributed by atoms with Gasteiger partial charge in [-0.1, -0.05) is 6.92 Å². The van der Waals surface area contributed by atoms with Crippen molar-refractivity contribution in [1.82, 2.24) is 0 Å². The van der Waals surface area contributed by atoms with Gasteiger partial charge in [0.1, 0.15) is 5.75 Å². The van der Waals surface area contributed by atoms with E-state index in [2.05, 4.69) is 4.74 Å². The quantitative estimate of drug-likeness (QED) is 0.455. The number of ether oxygens (including phenoxy) is 1. The third-order valence-corrected chi connectivity index (χ3v) is 2.81. The van der Waals surface area contributed by atoms with Crippen LogP contribution in [-0.2, 0) is 0 Å². The van der Waals surface area contributed by atoms with Crippen LogP contribution >= 0.6 is 11.8 Å². The van der Waals surface area contributed by atoms with Crippen LogP contribution < -0.4 is 4.74 Å². The van der Waals surface area contributed by atoms with E-state index in [0.717, 1.165) is 18.2 Å². The molecule has 0 bridgehead atoms. The fourth-order valence-electron chi connectivity index (χ4n) is 1.31. The molecule has 0 aliphatic rings. The summed E-state index contributed by atoms with van der Waals surface area (Å²) in [4.78, 5) is 11.0. The molecular weight excluding hydrogens is 291 g/mol. The van der Waals surface area contributed by atoms with Crippen LogP contribution in [0.25, 0.3) is 0 Å². The third-order valence-electron chi connectivity index (χ3n) is 2.03. The minimum atomic E-state index is -4.62. The molecule has 0 aliphatic heterocycles. The van der Waals surface area contributed by atoms with Crippen LogP contribution in [0.3, 0.4) is 0 Å². The zero-order chi connectivity index (χ0) is 14.6. The lowest BCUT2D eigenvalue weighted by molar-refractivity contribution is -0.0499. The molecule has 2 nitrogen and oxygen atoms in total. The van der Waals surface area contributed by atoms with Gasteiger partial charge in [-0.25, -0.2) is 0 Å². The van der Waals surface area contributed by atoms with Crippen LogP contribution in [0, 0.1) is 0 Å². The van der Waals surface area contributed by atoms with Gasteiger partial charge in [-0.15, -0.1) is 0 Å². The third kappa shape index (κ3) is 5.06. The van der Waals surface area contributed by atoms with Crippen LogP contribution in [0.2, 0.25) is 0 Å². The molecule has 0 aromatic heterocycles. The fraction of sp³-hybridized carbons (Fsp3) is 0.364. The maximum atomic E-state index is 12.3. The maximum absolute atomic E-state index is 12.3. The fourth-order valence-corrected chi connectivity index (χ4v) is 2.03. The van der Waals surface area contributed by atoms with Gasteiger partial charge in [0.05, 0.1) is 0 Å². The normalized spacial score (nSPS) is 11.7. The van der Waals surface area contributed by atoms with Crippen LogP contribution in [0.4, 0.5) is 22.0 Å². The Balaban J connectivity index is 3.14. The number of hydrogen-bond acceptors (Lipinski definition) is 3. The highest BCUT2D eigenvalue weighted by atomic mass is 32.2. The number of hydrogen-bond donors (Lipinski definition) is 0. The number of ketones is 1. The van der Waals surface area contributed by atoms with E-state index in [1.165, 1.54) is 6.92 Å². The molecule has 0 N–H and O–H groups in total.